The summed E-state index contributed by atoms with van der Waals surface area (Å²) in [4.78, 5) is 11.9. The summed E-state index contributed by atoms with van der Waals surface area (Å²) in [5, 5.41) is 2.87. The Labute approximate surface area is 114 Å². The first kappa shape index (κ1) is 14.3. The van der Waals surface area contributed by atoms with Crippen LogP contribution < -0.4 is 5.32 Å². The van der Waals surface area contributed by atoms with E-state index in [2.05, 4.69) is 5.32 Å². The van der Waals surface area contributed by atoms with Gasteiger partial charge in [0.1, 0.15) is 0 Å². The second-order valence-electron chi connectivity index (χ2n) is 4.19. The number of rotatable bonds is 2. The molecule has 0 saturated carbocycles. The van der Waals surface area contributed by atoms with Gasteiger partial charge >= 0.3 is 0 Å². The van der Waals surface area contributed by atoms with Crippen molar-refractivity contribution in [3.8, 4) is 0 Å². The summed E-state index contributed by atoms with van der Waals surface area (Å²) in [5.41, 5.74) is 3.83. The maximum Gasteiger partial charge on any atom is 0.255 e. The molecule has 2 aromatic rings. The summed E-state index contributed by atoms with van der Waals surface area (Å²) in [6, 6.07) is 15.3. The number of aryl methyl sites for hydroxylation is 2. The average Bonchev–Trinajstić information content (AvgIpc) is 2.33. The molecule has 0 unspecified atom stereocenters. The average molecular weight is 259 g/mol. The molecule has 2 rings (SSSR count). The van der Waals surface area contributed by atoms with Gasteiger partial charge in [-0.2, -0.15) is 13.5 Å². The summed E-state index contributed by atoms with van der Waals surface area (Å²) in [7, 11) is 0. The zero-order valence-corrected chi connectivity index (χ0v) is 11.5. The normalized spacial score (nSPS) is 9.44. The lowest BCUT2D eigenvalue weighted by atomic mass is 10.1. The predicted molar refractivity (Wildman–Crippen MR) is 80.7 cm³/mol. The van der Waals surface area contributed by atoms with Gasteiger partial charge in [-0.3, -0.25) is 4.79 Å². The van der Waals surface area contributed by atoms with E-state index in [1.54, 1.807) is 0 Å². The van der Waals surface area contributed by atoms with Gasteiger partial charge in [-0.25, -0.2) is 0 Å². The fraction of sp³-hybridized carbons (Fsp3) is 0.133. The SMILES string of the molecule is Cc1ccc(NC(=O)c2ccc(C)cc2)cc1.S. The van der Waals surface area contributed by atoms with E-state index in [0.29, 0.717) is 5.56 Å². The summed E-state index contributed by atoms with van der Waals surface area (Å²) in [6.07, 6.45) is 0. The Morgan fingerprint density at radius 3 is 1.78 bits per heavy atom. The van der Waals surface area contributed by atoms with Gasteiger partial charge < -0.3 is 5.32 Å². The van der Waals surface area contributed by atoms with E-state index in [-0.39, 0.29) is 19.4 Å². The van der Waals surface area contributed by atoms with Crippen LogP contribution in [0.3, 0.4) is 0 Å². The van der Waals surface area contributed by atoms with E-state index in [1.807, 2.05) is 62.4 Å². The monoisotopic (exact) mass is 259 g/mol. The minimum absolute atomic E-state index is 0. The van der Waals surface area contributed by atoms with Crippen LogP contribution in [-0.2, 0) is 0 Å². The van der Waals surface area contributed by atoms with Crippen LogP contribution in [0.4, 0.5) is 5.69 Å². The van der Waals surface area contributed by atoms with E-state index in [9.17, 15) is 4.79 Å². The van der Waals surface area contributed by atoms with Crippen LogP contribution >= 0.6 is 13.5 Å². The van der Waals surface area contributed by atoms with Crippen molar-refractivity contribution >= 4 is 25.1 Å². The Hall–Kier alpha value is -1.74. The summed E-state index contributed by atoms with van der Waals surface area (Å²) < 4.78 is 0. The maximum atomic E-state index is 11.9. The standard InChI is InChI=1S/C15H15NO.H2S/c1-11-3-7-13(8-4-11)15(17)16-14-9-5-12(2)6-10-14;/h3-10H,1-2H3,(H,16,17);1H2. The molecule has 0 heterocycles. The highest BCUT2D eigenvalue weighted by Gasteiger charge is 2.04. The molecular formula is C15H17NOS. The Bertz CT molecular complexity index is 517. The third kappa shape index (κ3) is 3.64. The first-order valence-corrected chi connectivity index (χ1v) is 5.60. The molecule has 0 bridgehead atoms. The van der Waals surface area contributed by atoms with Crippen molar-refractivity contribution in [1.82, 2.24) is 0 Å². The van der Waals surface area contributed by atoms with Crippen LogP contribution in [0.2, 0.25) is 0 Å². The van der Waals surface area contributed by atoms with E-state index < -0.39 is 0 Å². The van der Waals surface area contributed by atoms with E-state index >= 15 is 0 Å². The van der Waals surface area contributed by atoms with Gasteiger partial charge in [0.15, 0.2) is 0 Å². The predicted octanol–water partition coefficient (Wildman–Crippen LogP) is 3.67. The third-order valence-electron chi connectivity index (χ3n) is 2.62. The number of carbonyl (C=O) groups excluding carboxylic acids is 1. The molecule has 0 atom stereocenters. The topological polar surface area (TPSA) is 29.1 Å². The van der Waals surface area contributed by atoms with Gasteiger partial charge in [-0.1, -0.05) is 35.4 Å². The van der Waals surface area contributed by atoms with Gasteiger partial charge in [-0.15, -0.1) is 0 Å². The molecule has 1 N–H and O–H groups in total. The third-order valence-corrected chi connectivity index (χ3v) is 2.62. The molecule has 94 valence electrons. The molecule has 0 spiro atoms. The number of hydrogen-bond acceptors (Lipinski definition) is 1. The molecule has 0 aliphatic carbocycles. The van der Waals surface area contributed by atoms with Crippen molar-refractivity contribution in [2.45, 2.75) is 13.8 Å². The number of amides is 1. The second kappa shape index (κ2) is 6.26. The molecule has 0 fully saturated rings. The molecule has 3 heteroatoms. The zero-order chi connectivity index (χ0) is 12.3. The molecule has 0 radical (unpaired) electrons. The number of benzene rings is 2. The minimum Gasteiger partial charge on any atom is -0.322 e. The van der Waals surface area contributed by atoms with Gasteiger partial charge in [0.25, 0.3) is 5.91 Å². The summed E-state index contributed by atoms with van der Waals surface area (Å²) in [5.74, 6) is -0.0751. The molecule has 0 aromatic heterocycles. The molecule has 2 aromatic carbocycles. The largest absolute Gasteiger partial charge is 0.322 e. The van der Waals surface area contributed by atoms with Crippen LogP contribution in [0.5, 0.6) is 0 Å². The van der Waals surface area contributed by atoms with Crippen molar-refractivity contribution in [3.05, 3.63) is 65.2 Å². The van der Waals surface area contributed by atoms with Crippen molar-refractivity contribution < 1.29 is 4.79 Å². The zero-order valence-electron chi connectivity index (χ0n) is 10.5. The number of hydrogen-bond donors (Lipinski definition) is 1. The second-order valence-corrected chi connectivity index (χ2v) is 4.19. The number of carbonyl (C=O) groups is 1. The molecule has 0 saturated heterocycles. The van der Waals surface area contributed by atoms with Crippen LogP contribution in [0.15, 0.2) is 48.5 Å². The highest BCUT2D eigenvalue weighted by atomic mass is 32.1. The van der Waals surface area contributed by atoms with Gasteiger partial charge in [0, 0.05) is 11.3 Å². The first-order chi connectivity index (χ1) is 8.15. The fourth-order valence-electron chi connectivity index (χ4n) is 1.55. The Morgan fingerprint density at radius 1 is 0.833 bits per heavy atom. The molecule has 0 aliphatic heterocycles. The molecule has 0 aliphatic rings. The lowest BCUT2D eigenvalue weighted by Crippen LogP contribution is -2.11. The number of anilines is 1. The highest BCUT2D eigenvalue weighted by molar-refractivity contribution is 7.59. The molecule has 18 heavy (non-hydrogen) atoms. The smallest absolute Gasteiger partial charge is 0.255 e. The molecule has 1 amide bonds. The quantitative estimate of drug-likeness (QED) is 0.876. The van der Waals surface area contributed by atoms with Crippen molar-refractivity contribution in [2.75, 3.05) is 5.32 Å². The maximum absolute atomic E-state index is 11.9. The fourth-order valence-corrected chi connectivity index (χ4v) is 1.55. The Kier molecular flexibility index (Phi) is 4.98. The minimum atomic E-state index is -0.0751. The van der Waals surface area contributed by atoms with Crippen molar-refractivity contribution in [1.29, 1.82) is 0 Å². The summed E-state index contributed by atoms with van der Waals surface area (Å²) in [6.45, 7) is 4.02. The molecular weight excluding hydrogens is 242 g/mol. The van der Waals surface area contributed by atoms with Crippen molar-refractivity contribution in [2.24, 2.45) is 0 Å². The number of nitrogens with one attached hydrogen (secondary N) is 1. The van der Waals surface area contributed by atoms with E-state index in [4.69, 9.17) is 0 Å². The van der Waals surface area contributed by atoms with Gasteiger partial charge in [-0.05, 0) is 38.1 Å². The molecule has 2 nitrogen and oxygen atoms in total. The lowest BCUT2D eigenvalue weighted by molar-refractivity contribution is 0.102. The summed E-state index contributed by atoms with van der Waals surface area (Å²) >= 11 is 0. The van der Waals surface area contributed by atoms with E-state index in [1.165, 1.54) is 5.56 Å². The Morgan fingerprint density at radius 2 is 1.28 bits per heavy atom. The van der Waals surface area contributed by atoms with Crippen molar-refractivity contribution in [3.63, 3.8) is 0 Å². The van der Waals surface area contributed by atoms with Gasteiger partial charge in [0.2, 0.25) is 0 Å². The van der Waals surface area contributed by atoms with Gasteiger partial charge in [0.05, 0.1) is 0 Å². The van der Waals surface area contributed by atoms with E-state index in [0.717, 1.165) is 11.3 Å². The van der Waals surface area contributed by atoms with Crippen LogP contribution in [-0.4, -0.2) is 5.91 Å². The highest BCUT2D eigenvalue weighted by Crippen LogP contribution is 2.11. The first-order valence-electron chi connectivity index (χ1n) is 5.60. The lowest BCUT2D eigenvalue weighted by Gasteiger charge is -2.05. The van der Waals surface area contributed by atoms with Crippen LogP contribution in [0.1, 0.15) is 21.5 Å². The van der Waals surface area contributed by atoms with Crippen LogP contribution in [0.25, 0.3) is 0 Å². The van der Waals surface area contributed by atoms with Crippen LogP contribution in [0, 0.1) is 13.8 Å². The Balaban J connectivity index is 0.00000162.